The first kappa shape index (κ1) is 34.6. The molecule has 0 amide bonds. The zero-order valence-corrected chi connectivity index (χ0v) is 28.3. The molecule has 3 nitrogen and oxygen atoms in total. The van der Waals surface area contributed by atoms with Crippen molar-refractivity contribution >= 4 is 0 Å². The van der Waals surface area contributed by atoms with Crippen molar-refractivity contribution in [1.82, 2.24) is 14.7 Å². The van der Waals surface area contributed by atoms with E-state index in [0.717, 1.165) is 39.3 Å². The molecule has 0 aliphatic rings. The maximum Gasteiger partial charge on any atom is 0.0230 e. The Morgan fingerprint density at radius 3 is 0.867 bits per heavy atom. The zero-order valence-electron chi connectivity index (χ0n) is 28.3. The Kier molecular flexibility index (Phi) is 15.4. The highest BCUT2D eigenvalue weighted by molar-refractivity contribution is 5.30. The van der Waals surface area contributed by atoms with Crippen LogP contribution in [0.3, 0.4) is 0 Å². The Morgan fingerprint density at radius 1 is 0.333 bits per heavy atom. The highest BCUT2D eigenvalue weighted by atomic mass is 15.1. The van der Waals surface area contributed by atoms with Gasteiger partial charge in [0, 0.05) is 19.6 Å². The van der Waals surface area contributed by atoms with Crippen LogP contribution in [0.15, 0.2) is 109 Å². The van der Waals surface area contributed by atoms with E-state index >= 15 is 0 Å². The molecule has 0 heterocycles. The van der Waals surface area contributed by atoms with Gasteiger partial charge in [-0.3, -0.25) is 0 Å². The van der Waals surface area contributed by atoms with Crippen LogP contribution >= 0.6 is 0 Å². The monoisotopic (exact) mass is 603 g/mol. The smallest absolute Gasteiger partial charge is 0.0230 e. The molecule has 0 saturated heterocycles. The average Bonchev–Trinajstić information content (AvgIpc) is 3.05. The van der Waals surface area contributed by atoms with Crippen LogP contribution in [0, 0.1) is 0 Å². The first-order valence-corrected chi connectivity index (χ1v) is 17.3. The van der Waals surface area contributed by atoms with Crippen LogP contribution < -0.4 is 0 Å². The van der Waals surface area contributed by atoms with Gasteiger partial charge in [-0.25, -0.2) is 0 Å². The van der Waals surface area contributed by atoms with Gasteiger partial charge < -0.3 is 14.7 Å². The van der Waals surface area contributed by atoms with E-state index in [1.165, 1.54) is 91.2 Å². The summed E-state index contributed by atoms with van der Waals surface area (Å²) in [5.41, 5.74) is 8.69. The lowest BCUT2D eigenvalue weighted by Gasteiger charge is -2.22. The number of hydrogen-bond donors (Lipinski definition) is 0. The molecule has 0 unspecified atom stereocenters. The minimum atomic E-state index is 1.01. The maximum atomic E-state index is 2.51. The molecule has 0 saturated carbocycles. The van der Waals surface area contributed by atoms with Crippen LogP contribution in [0.25, 0.3) is 0 Å². The highest BCUT2D eigenvalue weighted by Crippen LogP contribution is 2.17. The standard InChI is InChI=1S/C42H57N3/c1-43(28-16-13-25-37-19-7-4-8-20-37)34-40-31-41(35-44(2)29-17-14-26-38-21-9-5-10-22-38)33-42(32-40)36-45(3)30-18-15-27-39-23-11-6-12-24-39/h4-12,19-24,31-33H,13-18,25-30,34-36H2,1-3H3. The summed E-state index contributed by atoms with van der Waals surface area (Å²) in [5, 5.41) is 0. The van der Waals surface area contributed by atoms with E-state index in [4.69, 9.17) is 0 Å². The van der Waals surface area contributed by atoms with E-state index in [1.807, 2.05) is 0 Å². The van der Waals surface area contributed by atoms with Crippen molar-refractivity contribution in [2.75, 3.05) is 40.8 Å². The van der Waals surface area contributed by atoms with Gasteiger partial charge in [0.25, 0.3) is 0 Å². The van der Waals surface area contributed by atoms with E-state index < -0.39 is 0 Å². The van der Waals surface area contributed by atoms with Crippen molar-refractivity contribution in [1.29, 1.82) is 0 Å². The molecule has 0 bridgehead atoms. The van der Waals surface area contributed by atoms with Gasteiger partial charge in [-0.1, -0.05) is 109 Å². The molecule has 0 aliphatic heterocycles. The summed E-state index contributed by atoms with van der Waals surface area (Å²) in [7, 11) is 6.85. The molecule has 3 heteroatoms. The van der Waals surface area contributed by atoms with Gasteiger partial charge in [0.1, 0.15) is 0 Å². The third kappa shape index (κ3) is 14.2. The highest BCUT2D eigenvalue weighted by Gasteiger charge is 2.09. The van der Waals surface area contributed by atoms with Crippen molar-refractivity contribution < 1.29 is 0 Å². The maximum absolute atomic E-state index is 2.51. The predicted molar refractivity (Wildman–Crippen MR) is 194 cm³/mol. The molecule has 4 rings (SSSR count). The fraction of sp³-hybridized carbons (Fsp3) is 0.429. The minimum Gasteiger partial charge on any atom is -0.302 e. The molecule has 0 N–H and O–H groups in total. The van der Waals surface area contributed by atoms with Crippen molar-refractivity contribution in [3.8, 4) is 0 Å². The van der Waals surface area contributed by atoms with E-state index in [1.54, 1.807) is 0 Å². The van der Waals surface area contributed by atoms with Crippen LogP contribution in [-0.4, -0.2) is 55.5 Å². The number of rotatable bonds is 21. The Balaban J connectivity index is 1.28. The fourth-order valence-electron chi connectivity index (χ4n) is 6.35. The second-order valence-corrected chi connectivity index (χ2v) is 13.2. The summed E-state index contributed by atoms with van der Waals surface area (Å²) in [6, 6.07) is 40.1. The summed E-state index contributed by atoms with van der Waals surface area (Å²) in [6.45, 7) is 6.42. The van der Waals surface area contributed by atoms with Crippen LogP contribution in [0.1, 0.15) is 71.9 Å². The Morgan fingerprint density at radius 2 is 0.600 bits per heavy atom. The van der Waals surface area contributed by atoms with E-state index in [-0.39, 0.29) is 0 Å². The van der Waals surface area contributed by atoms with E-state index in [0.29, 0.717) is 0 Å². The van der Waals surface area contributed by atoms with Crippen molar-refractivity contribution in [2.45, 2.75) is 77.4 Å². The third-order valence-electron chi connectivity index (χ3n) is 8.76. The van der Waals surface area contributed by atoms with E-state index in [9.17, 15) is 0 Å². The number of unbranched alkanes of at least 4 members (excludes halogenated alkanes) is 3. The number of benzene rings is 4. The summed E-state index contributed by atoms with van der Waals surface area (Å²) in [5.74, 6) is 0. The molecule has 0 spiro atoms. The quantitative estimate of drug-likeness (QED) is 0.0880. The molecular formula is C42H57N3. The zero-order chi connectivity index (χ0) is 31.5. The summed E-state index contributed by atoms with van der Waals surface area (Å²) in [4.78, 5) is 7.53. The first-order valence-electron chi connectivity index (χ1n) is 17.3. The molecule has 240 valence electrons. The number of hydrogen-bond acceptors (Lipinski definition) is 3. The summed E-state index contributed by atoms with van der Waals surface area (Å²) >= 11 is 0. The van der Waals surface area contributed by atoms with Gasteiger partial charge in [-0.2, -0.15) is 0 Å². The van der Waals surface area contributed by atoms with Crippen LogP contribution in [0.2, 0.25) is 0 Å². The Labute approximate surface area is 274 Å². The SMILES string of the molecule is CN(CCCCc1ccccc1)Cc1cc(CN(C)CCCCc2ccccc2)cc(CN(C)CCCCc2ccccc2)c1. The molecule has 0 atom stereocenters. The van der Waals surface area contributed by atoms with Crippen molar-refractivity contribution in [3.05, 3.63) is 143 Å². The molecular weight excluding hydrogens is 546 g/mol. The summed E-state index contributed by atoms with van der Waals surface area (Å²) < 4.78 is 0. The lowest BCUT2D eigenvalue weighted by Crippen LogP contribution is -2.22. The first-order chi connectivity index (χ1) is 22.0. The average molecular weight is 604 g/mol. The van der Waals surface area contributed by atoms with Crippen LogP contribution in [0.4, 0.5) is 0 Å². The van der Waals surface area contributed by atoms with Gasteiger partial charge in [0.05, 0.1) is 0 Å². The molecule has 4 aromatic rings. The van der Waals surface area contributed by atoms with Crippen LogP contribution in [0.5, 0.6) is 0 Å². The minimum absolute atomic E-state index is 1.01. The number of aryl methyl sites for hydroxylation is 3. The second-order valence-electron chi connectivity index (χ2n) is 13.2. The van der Waals surface area contributed by atoms with Gasteiger partial charge in [0.15, 0.2) is 0 Å². The predicted octanol–water partition coefficient (Wildman–Crippen LogP) is 9.05. The Bertz CT molecular complexity index is 1140. The third-order valence-corrected chi connectivity index (χ3v) is 8.76. The molecule has 45 heavy (non-hydrogen) atoms. The van der Waals surface area contributed by atoms with Gasteiger partial charge in [0.2, 0.25) is 0 Å². The lowest BCUT2D eigenvalue weighted by atomic mass is 10.0. The van der Waals surface area contributed by atoms with Crippen molar-refractivity contribution in [2.24, 2.45) is 0 Å². The summed E-state index contributed by atoms with van der Waals surface area (Å²) in [6.07, 6.45) is 10.9. The van der Waals surface area contributed by atoms with Gasteiger partial charge >= 0.3 is 0 Å². The second kappa shape index (κ2) is 20.0. The Hall–Kier alpha value is -3.24. The molecule has 0 aliphatic carbocycles. The lowest BCUT2D eigenvalue weighted by molar-refractivity contribution is 0.309. The van der Waals surface area contributed by atoms with Crippen molar-refractivity contribution in [3.63, 3.8) is 0 Å². The molecule has 4 aromatic carbocycles. The normalized spacial score (nSPS) is 11.6. The number of nitrogens with zero attached hydrogens (tertiary/aromatic N) is 3. The molecule has 0 radical (unpaired) electrons. The molecule has 0 fully saturated rings. The molecule has 0 aromatic heterocycles. The van der Waals surface area contributed by atoms with Gasteiger partial charge in [-0.15, -0.1) is 0 Å². The fourth-order valence-corrected chi connectivity index (χ4v) is 6.35. The van der Waals surface area contributed by atoms with E-state index in [2.05, 4.69) is 145 Å². The van der Waals surface area contributed by atoms with Gasteiger partial charge in [-0.05, 0) is 132 Å². The largest absolute Gasteiger partial charge is 0.302 e. The van der Waals surface area contributed by atoms with Crippen LogP contribution in [-0.2, 0) is 38.9 Å². The topological polar surface area (TPSA) is 9.72 Å².